The largest absolute Gasteiger partial charge is 0.493 e. The number of para-hydroxylation sites is 1. The molecule has 0 aliphatic heterocycles. The van der Waals surface area contributed by atoms with Crippen molar-refractivity contribution >= 4 is 22.5 Å². The highest BCUT2D eigenvalue weighted by Gasteiger charge is 2.03. The fourth-order valence-electron chi connectivity index (χ4n) is 2.88. The number of aliphatic imine (C=N–C) groups is 1. The topological polar surface area (TPSA) is 70.7 Å². The van der Waals surface area contributed by atoms with Crippen molar-refractivity contribution < 1.29 is 9.47 Å². The summed E-state index contributed by atoms with van der Waals surface area (Å²) >= 11 is 0. The smallest absolute Gasteiger partial charge is 0.196 e. The lowest BCUT2D eigenvalue weighted by Gasteiger charge is -2.12. The SMILES string of the molecule is CCNC(=NCc1cc2ccccc2[nH]1)Nc1cccc(OCCCOC)c1. The first-order chi connectivity index (χ1) is 13.8. The second-order valence-corrected chi connectivity index (χ2v) is 6.42. The average Bonchev–Trinajstić information content (AvgIpc) is 3.13. The van der Waals surface area contributed by atoms with Crippen molar-refractivity contribution in [3.63, 3.8) is 0 Å². The Hall–Kier alpha value is -2.99. The molecular formula is C22H28N4O2. The molecule has 3 aromatic rings. The van der Waals surface area contributed by atoms with Crippen LogP contribution in [-0.4, -0.2) is 37.8 Å². The number of guanidine groups is 1. The van der Waals surface area contributed by atoms with Crippen LogP contribution in [0, 0.1) is 0 Å². The summed E-state index contributed by atoms with van der Waals surface area (Å²) in [7, 11) is 1.70. The number of rotatable bonds is 9. The fourth-order valence-corrected chi connectivity index (χ4v) is 2.88. The van der Waals surface area contributed by atoms with Crippen LogP contribution in [0.5, 0.6) is 5.75 Å². The van der Waals surface area contributed by atoms with Gasteiger partial charge in [-0.2, -0.15) is 0 Å². The molecule has 0 aliphatic carbocycles. The van der Waals surface area contributed by atoms with Gasteiger partial charge in [-0.25, -0.2) is 4.99 Å². The lowest BCUT2D eigenvalue weighted by atomic mass is 10.2. The summed E-state index contributed by atoms with van der Waals surface area (Å²) in [5.41, 5.74) is 3.14. The van der Waals surface area contributed by atoms with Gasteiger partial charge in [0.05, 0.1) is 13.2 Å². The Morgan fingerprint density at radius 3 is 2.79 bits per heavy atom. The Morgan fingerprint density at radius 2 is 1.96 bits per heavy atom. The molecule has 1 aromatic heterocycles. The summed E-state index contributed by atoms with van der Waals surface area (Å²) in [6.45, 7) is 4.73. The highest BCUT2D eigenvalue weighted by molar-refractivity contribution is 5.93. The van der Waals surface area contributed by atoms with E-state index in [0.717, 1.165) is 41.6 Å². The third-order valence-corrected chi connectivity index (χ3v) is 4.20. The predicted molar refractivity (Wildman–Crippen MR) is 115 cm³/mol. The van der Waals surface area contributed by atoms with Gasteiger partial charge in [-0.1, -0.05) is 24.3 Å². The second kappa shape index (κ2) is 10.4. The summed E-state index contributed by atoms with van der Waals surface area (Å²) in [6, 6.07) is 18.3. The van der Waals surface area contributed by atoms with Crippen LogP contribution in [-0.2, 0) is 11.3 Å². The number of benzene rings is 2. The van der Waals surface area contributed by atoms with Gasteiger partial charge in [-0.15, -0.1) is 0 Å². The van der Waals surface area contributed by atoms with Crippen LogP contribution in [0.15, 0.2) is 59.6 Å². The number of hydrogen-bond acceptors (Lipinski definition) is 3. The van der Waals surface area contributed by atoms with Crippen LogP contribution < -0.4 is 15.4 Å². The molecule has 148 valence electrons. The van der Waals surface area contributed by atoms with Crippen molar-refractivity contribution in [1.29, 1.82) is 0 Å². The van der Waals surface area contributed by atoms with Crippen molar-refractivity contribution in [1.82, 2.24) is 10.3 Å². The van der Waals surface area contributed by atoms with Crippen LogP contribution in [0.4, 0.5) is 5.69 Å². The van der Waals surface area contributed by atoms with Crippen molar-refractivity contribution in [3.8, 4) is 5.75 Å². The number of nitrogens with zero attached hydrogens (tertiary/aromatic N) is 1. The third-order valence-electron chi connectivity index (χ3n) is 4.20. The molecule has 0 atom stereocenters. The maximum absolute atomic E-state index is 5.77. The number of fused-ring (bicyclic) bond motifs is 1. The molecule has 0 saturated heterocycles. The Kier molecular flexibility index (Phi) is 7.32. The average molecular weight is 380 g/mol. The van der Waals surface area contributed by atoms with Gasteiger partial charge < -0.3 is 25.1 Å². The van der Waals surface area contributed by atoms with E-state index >= 15 is 0 Å². The quantitative estimate of drug-likeness (QED) is 0.296. The van der Waals surface area contributed by atoms with Gasteiger partial charge in [0.1, 0.15) is 5.75 Å². The number of aromatic amines is 1. The lowest BCUT2D eigenvalue weighted by Crippen LogP contribution is -2.30. The van der Waals surface area contributed by atoms with Crippen molar-refractivity contribution in [2.24, 2.45) is 4.99 Å². The monoisotopic (exact) mass is 380 g/mol. The molecule has 3 rings (SSSR count). The van der Waals surface area contributed by atoms with Crippen molar-refractivity contribution in [3.05, 3.63) is 60.3 Å². The lowest BCUT2D eigenvalue weighted by molar-refractivity contribution is 0.172. The van der Waals surface area contributed by atoms with Gasteiger partial charge in [-0.05, 0) is 36.6 Å². The highest BCUT2D eigenvalue weighted by Crippen LogP contribution is 2.18. The van der Waals surface area contributed by atoms with Crippen LogP contribution in [0.25, 0.3) is 10.9 Å². The Labute approximate surface area is 166 Å². The van der Waals surface area contributed by atoms with E-state index in [9.17, 15) is 0 Å². The Bertz CT molecular complexity index is 871. The maximum atomic E-state index is 5.77. The molecule has 0 saturated carbocycles. The second-order valence-electron chi connectivity index (χ2n) is 6.42. The predicted octanol–water partition coefficient (Wildman–Crippen LogP) is 4.16. The van der Waals surface area contributed by atoms with E-state index in [1.54, 1.807) is 7.11 Å². The molecule has 0 bridgehead atoms. The Balaban J connectivity index is 1.64. The highest BCUT2D eigenvalue weighted by atomic mass is 16.5. The van der Waals surface area contributed by atoms with E-state index in [0.29, 0.717) is 19.8 Å². The summed E-state index contributed by atoms with van der Waals surface area (Å²) in [5, 5.41) is 7.83. The molecule has 3 N–H and O–H groups in total. The summed E-state index contributed by atoms with van der Waals surface area (Å²) in [4.78, 5) is 8.10. The van der Waals surface area contributed by atoms with Gasteiger partial charge in [0, 0.05) is 49.6 Å². The minimum atomic E-state index is 0.567. The summed E-state index contributed by atoms with van der Waals surface area (Å²) < 4.78 is 10.8. The maximum Gasteiger partial charge on any atom is 0.196 e. The minimum Gasteiger partial charge on any atom is -0.493 e. The molecule has 0 radical (unpaired) electrons. The minimum absolute atomic E-state index is 0.567. The summed E-state index contributed by atoms with van der Waals surface area (Å²) in [6.07, 6.45) is 0.864. The zero-order valence-corrected chi connectivity index (χ0v) is 16.5. The molecule has 0 unspecified atom stereocenters. The van der Waals surface area contributed by atoms with Crippen LogP contribution in [0.3, 0.4) is 0 Å². The van der Waals surface area contributed by atoms with Crippen LogP contribution >= 0.6 is 0 Å². The van der Waals surface area contributed by atoms with Gasteiger partial charge in [0.15, 0.2) is 5.96 Å². The number of methoxy groups -OCH3 is 1. The number of nitrogens with one attached hydrogen (secondary N) is 3. The van der Waals surface area contributed by atoms with E-state index in [1.165, 1.54) is 5.39 Å². The normalized spacial score (nSPS) is 11.6. The van der Waals surface area contributed by atoms with Gasteiger partial charge >= 0.3 is 0 Å². The molecule has 0 aliphatic rings. The van der Waals surface area contributed by atoms with E-state index < -0.39 is 0 Å². The Morgan fingerprint density at radius 1 is 1.07 bits per heavy atom. The zero-order valence-electron chi connectivity index (χ0n) is 16.5. The van der Waals surface area contributed by atoms with Crippen molar-refractivity contribution in [2.75, 3.05) is 32.2 Å². The fraction of sp³-hybridized carbons (Fsp3) is 0.318. The first-order valence-corrected chi connectivity index (χ1v) is 9.62. The molecular weight excluding hydrogens is 352 g/mol. The first kappa shape index (κ1) is 19.8. The number of hydrogen-bond donors (Lipinski definition) is 3. The molecule has 0 spiro atoms. The van der Waals surface area contributed by atoms with Crippen LogP contribution in [0.1, 0.15) is 19.0 Å². The molecule has 0 amide bonds. The molecule has 0 fully saturated rings. The van der Waals surface area contributed by atoms with Crippen LogP contribution in [0.2, 0.25) is 0 Å². The van der Waals surface area contributed by atoms with E-state index in [2.05, 4.69) is 40.7 Å². The van der Waals surface area contributed by atoms with E-state index in [1.807, 2.05) is 36.4 Å². The van der Waals surface area contributed by atoms with Gasteiger partial charge in [0.2, 0.25) is 0 Å². The number of ether oxygens (including phenoxy) is 2. The molecule has 1 heterocycles. The van der Waals surface area contributed by atoms with E-state index in [-0.39, 0.29) is 0 Å². The van der Waals surface area contributed by atoms with Crippen molar-refractivity contribution in [2.45, 2.75) is 19.9 Å². The van der Waals surface area contributed by atoms with Gasteiger partial charge in [-0.3, -0.25) is 0 Å². The number of anilines is 1. The first-order valence-electron chi connectivity index (χ1n) is 9.62. The van der Waals surface area contributed by atoms with E-state index in [4.69, 9.17) is 14.5 Å². The molecule has 2 aromatic carbocycles. The molecule has 6 heteroatoms. The molecule has 28 heavy (non-hydrogen) atoms. The standard InChI is InChI=1S/C22H28N4O2/c1-3-23-22(24-16-19-14-17-8-4-5-11-21(17)25-19)26-18-9-6-10-20(15-18)28-13-7-12-27-2/h4-6,8-11,14-15,25H,3,7,12-13,16H2,1-2H3,(H2,23,24,26). The third kappa shape index (κ3) is 5.76. The number of aromatic nitrogens is 1. The molecule has 6 nitrogen and oxygen atoms in total. The summed E-state index contributed by atoms with van der Waals surface area (Å²) in [5.74, 6) is 1.56. The van der Waals surface area contributed by atoms with Gasteiger partial charge in [0.25, 0.3) is 0 Å². The number of H-pyrrole nitrogens is 1. The zero-order chi connectivity index (χ0) is 19.6.